The van der Waals surface area contributed by atoms with E-state index < -0.39 is 0 Å². The standard InChI is InChI=1S/C14H19NO2S/c1-18-11-14(16)15-7-8-17-13(10-15)9-12-5-3-2-4-6-12/h2-6,13H,7-11H2,1H3. The lowest BCUT2D eigenvalue weighted by Gasteiger charge is -2.33. The first-order chi connectivity index (χ1) is 8.79. The largest absolute Gasteiger partial charge is 0.374 e. The average molecular weight is 265 g/mol. The molecule has 0 saturated carbocycles. The van der Waals surface area contributed by atoms with Crippen LogP contribution in [0.3, 0.4) is 0 Å². The Balaban J connectivity index is 1.89. The molecule has 0 aliphatic carbocycles. The second-order valence-corrected chi connectivity index (χ2v) is 5.32. The van der Waals surface area contributed by atoms with Gasteiger partial charge in [-0.3, -0.25) is 4.79 Å². The quantitative estimate of drug-likeness (QED) is 0.831. The summed E-state index contributed by atoms with van der Waals surface area (Å²) in [6.45, 7) is 2.09. The fourth-order valence-electron chi connectivity index (χ4n) is 2.16. The van der Waals surface area contributed by atoms with E-state index in [1.165, 1.54) is 5.56 Å². The fraction of sp³-hybridized carbons (Fsp3) is 0.500. The Hall–Kier alpha value is -1.00. The summed E-state index contributed by atoms with van der Waals surface area (Å²) in [4.78, 5) is 13.8. The van der Waals surface area contributed by atoms with Crippen molar-refractivity contribution in [3.05, 3.63) is 35.9 Å². The predicted molar refractivity (Wildman–Crippen MR) is 74.8 cm³/mol. The van der Waals surface area contributed by atoms with Gasteiger partial charge in [-0.05, 0) is 11.8 Å². The zero-order valence-corrected chi connectivity index (χ0v) is 11.5. The van der Waals surface area contributed by atoms with Crippen LogP contribution in [0.1, 0.15) is 5.56 Å². The molecule has 1 atom stereocenters. The number of hydrogen-bond donors (Lipinski definition) is 0. The maximum atomic E-state index is 11.8. The number of ether oxygens (including phenoxy) is 1. The van der Waals surface area contributed by atoms with Crippen molar-refractivity contribution in [2.45, 2.75) is 12.5 Å². The third-order valence-electron chi connectivity index (χ3n) is 3.07. The van der Waals surface area contributed by atoms with Gasteiger partial charge in [0.05, 0.1) is 18.5 Å². The normalized spacial score (nSPS) is 19.8. The van der Waals surface area contributed by atoms with Crippen molar-refractivity contribution in [2.24, 2.45) is 0 Å². The SMILES string of the molecule is CSCC(=O)N1CCOC(Cc2ccccc2)C1. The highest BCUT2D eigenvalue weighted by molar-refractivity contribution is 7.99. The number of nitrogens with zero attached hydrogens (tertiary/aromatic N) is 1. The molecule has 1 amide bonds. The van der Waals surface area contributed by atoms with Gasteiger partial charge in [0.25, 0.3) is 0 Å². The van der Waals surface area contributed by atoms with Crippen LogP contribution < -0.4 is 0 Å². The van der Waals surface area contributed by atoms with Gasteiger partial charge in [-0.15, -0.1) is 0 Å². The minimum atomic E-state index is 0.131. The molecule has 98 valence electrons. The predicted octanol–water partition coefficient (Wildman–Crippen LogP) is 1.82. The van der Waals surface area contributed by atoms with Gasteiger partial charge >= 0.3 is 0 Å². The molecule has 1 unspecified atom stereocenters. The number of thioether (sulfide) groups is 1. The van der Waals surface area contributed by atoms with Crippen molar-refractivity contribution in [1.29, 1.82) is 0 Å². The summed E-state index contributed by atoms with van der Waals surface area (Å²) in [7, 11) is 0. The molecule has 1 aliphatic rings. The molecule has 0 N–H and O–H groups in total. The third-order valence-corrected chi connectivity index (χ3v) is 3.60. The maximum Gasteiger partial charge on any atom is 0.232 e. The molecular weight excluding hydrogens is 246 g/mol. The highest BCUT2D eigenvalue weighted by Gasteiger charge is 2.23. The molecular formula is C14H19NO2S. The van der Waals surface area contributed by atoms with Crippen molar-refractivity contribution in [3.63, 3.8) is 0 Å². The van der Waals surface area contributed by atoms with Crippen LogP contribution in [0.4, 0.5) is 0 Å². The lowest BCUT2D eigenvalue weighted by Crippen LogP contribution is -2.47. The number of benzene rings is 1. The molecule has 0 bridgehead atoms. The van der Waals surface area contributed by atoms with Crippen molar-refractivity contribution >= 4 is 17.7 Å². The van der Waals surface area contributed by atoms with E-state index in [1.807, 2.05) is 29.4 Å². The highest BCUT2D eigenvalue weighted by Crippen LogP contribution is 2.12. The van der Waals surface area contributed by atoms with E-state index >= 15 is 0 Å². The smallest absolute Gasteiger partial charge is 0.232 e. The molecule has 1 fully saturated rings. The summed E-state index contributed by atoms with van der Waals surface area (Å²) in [5, 5.41) is 0. The summed E-state index contributed by atoms with van der Waals surface area (Å²) < 4.78 is 5.74. The van der Waals surface area contributed by atoms with Crippen LogP contribution in [0.5, 0.6) is 0 Å². The van der Waals surface area contributed by atoms with E-state index in [2.05, 4.69) is 12.1 Å². The number of carbonyl (C=O) groups excluding carboxylic acids is 1. The molecule has 4 heteroatoms. The molecule has 1 aromatic rings. The molecule has 1 saturated heterocycles. The van der Waals surface area contributed by atoms with Gasteiger partial charge in [0.1, 0.15) is 0 Å². The fourth-order valence-corrected chi connectivity index (χ4v) is 2.59. The van der Waals surface area contributed by atoms with Crippen molar-refractivity contribution < 1.29 is 9.53 Å². The van der Waals surface area contributed by atoms with Crippen LogP contribution in [0, 0.1) is 0 Å². The van der Waals surface area contributed by atoms with Gasteiger partial charge in [0.15, 0.2) is 0 Å². The van der Waals surface area contributed by atoms with Gasteiger partial charge in [-0.25, -0.2) is 0 Å². The number of rotatable bonds is 4. The lowest BCUT2D eigenvalue weighted by molar-refractivity contribution is -0.135. The van der Waals surface area contributed by atoms with Crippen LogP contribution >= 0.6 is 11.8 Å². The molecule has 0 radical (unpaired) electrons. The third kappa shape index (κ3) is 3.75. The van der Waals surface area contributed by atoms with E-state index in [0.29, 0.717) is 18.9 Å². The van der Waals surface area contributed by atoms with Crippen molar-refractivity contribution in [3.8, 4) is 0 Å². The number of morpholine rings is 1. The zero-order valence-electron chi connectivity index (χ0n) is 10.7. The summed E-state index contributed by atoms with van der Waals surface area (Å²) in [6, 6.07) is 10.3. The second kappa shape index (κ2) is 6.81. The molecule has 2 rings (SSSR count). The van der Waals surface area contributed by atoms with Gasteiger partial charge < -0.3 is 9.64 Å². The zero-order chi connectivity index (χ0) is 12.8. The first-order valence-electron chi connectivity index (χ1n) is 6.22. The monoisotopic (exact) mass is 265 g/mol. The molecule has 1 aromatic carbocycles. The topological polar surface area (TPSA) is 29.5 Å². The Kier molecular flexibility index (Phi) is 5.08. The van der Waals surface area contributed by atoms with Crippen LogP contribution in [0.25, 0.3) is 0 Å². The Morgan fingerprint density at radius 2 is 2.22 bits per heavy atom. The summed E-state index contributed by atoms with van der Waals surface area (Å²) >= 11 is 1.58. The van der Waals surface area contributed by atoms with E-state index in [1.54, 1.807) is 11.8 Å². The summed E-state index contributed by atoms with van der Waals surface area (Å²) in [6.07, 6.45) is 2.97. The summed E-state index contributed by atoms with van der Waals surface area (Å²) in [5.74, 6) is 0.793. The van der Waals surface area contributed by atoms with Crippen LogP contribution in [-0.2, 0) is 16.0 Å². The van der Waals surface area contributed by atoms with E-state index in [9.17, 15) is 4.79 Å². The number of hydrogen-bond acceptors (Lipinski definition) is 3. The average Bonchev–Trinajstić information content (AvgIpc) is 2.40. The molecule has 0 aromatic heterocycles. The van der Waals surface area contributed by atoms with Gasteiger partial charge in [-0.2, -0.15) is 11.8 Å². The number of amides is 1. The maximum absolute atomic E-state index is 11.8. The first-order valence-corrected chi connectivity index (χ1v) is 7.61. The highest BCUT2D eigenvalue weighted by atomic mass is 32.2. The van der Waals surface area contributed by atoms with Crippen LogP contribution in [0.15, 0.2) is 30.3 Å². The Morgan fingerprint density at radius 1 is 1.44 bits per heavy atom. The Labute approximate surface area is 113 Å². The Morgan fingerprint density at radius 3 is 2.94 bits per heavy atom. The molecule has 1 aliphatic heterocycles. The molecule has 1 heterocycles. The van der Waals surface area contributed by atoms with Gasteiger partial charge in [-0.1, -0.05) is 30.3 Å². The van der Waals surface area contributed by atoms with E-state index in [4.69, 9.17) is 4.74 Å². The van der Waals surface area contributed by atoms with Crippen molar-refractivity contribution in [1.82, 2.24) is 4.90 Å². The summed E-state index contributed by atoms with van der Waals surface area (Å²) in [5.41, 5.74) is 1.27. The van der Waals surface area contributed by atoms with Crippen LogP contribution in [0.2, 0.25) is 0 Å². The number of carbonyl (C=O) groups is 1. The first kappa shape index (κ1) is 13.4. The molecule has 18 heavy (non-hydrogen) atoms. The van der Waals surface area contributed by atoms with Gasteiger partial charge in [0.2, 0.25) is 5.91 Å². The second-order valence-electron chi connectivity index (χ2n) is 4.46. The minimum Gasteiger partial charge on any atom is -0.374 e. The Bertz CT molecular complexity index is 383. The minimum absolute atomic E-state index is 0.131. The molecule has 3 nitrogen and oxygen atoms in total. The van der Waals surface area contributed by atoms with E-state index in [-0.39, 0.29) is 12.0 Å². The lowest BCUT2D eigenvalue weighted by atomic mass is 10.1. The van der Waals surface area contributed by atoms with Crippen molar-refractivity contribution in [2.75, 3.05) is 31.7 Å². The van der Waals surface area contributed by atoms with E-state index in [0.717, 1.165) is 13.0 Å². The molecule has 0 spiro atoms. The van der Waals surface area contributed by atoms with Gasteiger partial charge in [0, 0.05) is 19.5 Å². The van der Waals surface area contributed by atoms with Crippen LogP contribution in [-0.4, -0.2) is 48.6 Å².